The van der Waals surface area contributed by atoms with Gasteiger partial charge in [-0.05, 0) is 84.1 Å². The molecule has 1 aromatic heterocycles. The van der Waals surface area contributed by atoms with Crippen molar-refractivity contribution < 1.29 is 13.3 Å². The van der Waals surface area contributed by atoms with Gasteiger partial charge in [-0.2, -0.15) is 0 Å². The molecule has 5 N–H and O–H groups in total. The lowest BCUT2D eigenvalue weighted by atomic mass is 10.0. The van der Waals surface area contributed by atoms with E-state index < -0.39 is 16.8 Å². The van der Waals surface area contributed by atoms with E-state index in [1.807, 2.05) is 0 Å². The van der Waals surface area contributed by atoms with Gasteiger partial charge in [0.1, 0.15) is 17.4 Å². The van der Waals surface area contributed by atoms with E-state index in [0.29, 0.717) is 38.4 Å². The highest BCUT2D eigenvalue weighted by molar-refractivity contribution is 7.83. The number of hydrogen-bond acceptors (Lipinski definition) is 5. The number of halogens is 2. The fraction of sp³-hybridized carbons (Fsp3) is 0.0385. The summed E-state index contributed by atoms with van der Waals surface area (Å²) in [6.45, 7) is 0. The van der Waals surface area contributed by atoms with Crippen LogP contribution in [-0.2, 0) is 11.0 Å². The third kappa shape index (κ3) is 5.27. The third-order valence-electron chi connectivity index (χ3n) is 5.29. The zero-order valence-electron chi connectivity index (χ0n) is 19.1. The first-order valence-corrected chi connectivity index (χ1v) is 12.2. The number of hydrogen-bond donors (Lipinski definition) is 3. The van der Waals surface area contributed by atoms with Crippen LogP contribution in [0.25, 0.3) is 27.7 Å². The lowest BCUT2D eigenvalue weighted by molar-refractivity contribution is 0.413. The molecule has 0 aliphatic carbocycles. The van der Waals surface area contributed by atoms with Crippen LogP contribution in [0.2, 0.25) is 5.02 Å². The summed E-state index contributed by atoms with van der Waals surface area (Å²) in [5.41, 5.74) is 13.1. The predicted molar refractivity (Wildman–Crippen MR) is 142 cm³/mol. The molecule has 0 spiro atoms. The normalized spacial score (nSPS) is 12.7. The van der Waals surface area contributed by atoms with Crippen molar-refractivity contribution in [2.75, 3.05) is 7.11 Å². The minimum Gasteiger partial charge on any atom is -0.495 e. The third-order valence-corrected chi connectivity index (χ3v) is 6.62. The molecule has 0 saturated carbocycles. The summed E-state index contributed by atoms with van der Waals surface area (Å²) in [6, 6.07) is 17.5. The first kappa shape index (κ1) is 25.0. The number of allylic oxidation sites excluding steroid dienone is 2. The Labute approximate surface area is 214 Å². The number of ether oxygens (including phenoxy) is 1. The molecule has 10 heteroatoms. The maximum atomic E-state index is 13.9. The molecule has 1 heterocycles. The van der Waals surface area contributed by atoms with Crippen LogP contribution in [0, 0.1) is 5.82 Å². The van der Waals surface area contributed by atoms with Crippen LogP contribution < -0.4 is 26.5 Å². The van der Waals surface area contributed by atoms with E-state index in [1.54, 1.807) is 48.5 Å². The van der Waals surface area contributed by atoms with Gasteiger partial charge in [0, 0.05) is 16.5 Å². The van der Waals surface area contributed by atoms with Gasteiger partial charge < -0.3 is 16.2 Å². The number of methoxy groups -OCH3 is 1. The van der Waals surface area contributed by atoms with Gasteiger partial charge in [-0.25, -0.2) is 8.60 Å². The van der Waals surface area contributed by atoms with Gasteiger partial charge in [0.25, 0.3) is 5.56 Å². The second kappa shape index (κ2) is 10.7. The molecule has 0 radical (unpaired) electrons. The van der Waals surface area contributed by atoms with Crippen LogP contribution in [0.5, 0.6) is 5.75 Å². The van der Waals surface area contributed by atoms with Crippen LogP contribution in [0.1, 0.15) is 0 Å². The van der Waals surface area contributed by atoms with Crippen molar-refractivity contribution in [2.45, 2.75) is 4.90 Å². The minimum absolute atomic E-state index is 0.185. The van der Waals surface area contributed by atoms with Crippen molar-refractivity contribution >= 4 is 33.5 Å². The van der Waals surface area contributed by atoms with E-state index >= 15 is 0 Å². The van der Waals surface area contributed by atoms with E-state index in [1.165, 1.54) is 48.2 Å². The van der Waals surface area contributed by atoms with Crippen molar-refractivity contribution in [3.05, 3.63) is 112 Å². The van der Waals surface area contributed by atoms with Crippen molar-refractivity contribution in [3.63, 3.8) is 0 Å². The van der Waals surface area contributed by atoms with Gasteiger partial charge in [0.2, 0.25) is 0 Å². The summed E-state index contributed by atoms with van der Waals surface area (Å²) in [6.07, 6.45) is 4.31. The zero-order chi connectivity index (χ0) is 25.8. The Balaban J connectivity index is 1.78. The van der Waals surface area contributed by atoms with Gasteiger partial charge in [-0.15, -0.1) is 0 Å². The summed E-state index contributed by atoms with van der Waals surface area (Å²) in [7, 11) is -0.147. The van der Waals surface area contributed by atoms with Crippen molar-refractivity contribution in [2.24, 2.45) is 11.5 Å². The maximum absolute atomic E-state index is 13.9. The number of pyridine rings is 1. The van der Waals surface area contributed by atoms with E-state index in [2.05, 4.69) is 4.72 Å². The first-order valence-electron chi connectivity index (χ1n) is 10.6. The van der Waals surface area contributed by atoms with Crippen LogP contribution in [0.4, 0.5) is 4.39 Å². The highest BCUT2D eigenvalue weighted by atomic mass is 35.5. The molecule has 4 aromatic rings. The van der Waals surface area contributed by atoms with Crippen molar-refractivity contribution in [1.29, 1.82) is 0 Å². The van der Waals surface area contributed by atoms with Crippen LogP contribution in [0.15, 0.2) is 101 Å². The fourth-order valence-corrected chi connectivity index (χ4v) is 4.76. The molecule has 0 fully saturated rings. The summed E-state index contributed by atoms with van der Waals surface area (Å²) in [5.74, 6) is 0.133. The number of benzene rings is 3. The highest BCUT2D eigenvalue weighted by Gasteiger charge is 2.14. The number of nitrogens with zero attached hydrogens (tertiary/aromatic N) is 1. The van der Waals surface area contributed by atoms with Gasteiger partial charge in [0.15, 0.2) is 11.0 Å². The Kier molecular flexibility index (Phi) is 7.42. The van der Waals surface area contributed by atoms with Crippen LogP contribution in [-0.4, -0.2) is 15.9 Å². The summed E-state index contributed by atoms with van der Waals surface area (Å²) in [4.78, 5) is 13.4. The van der Waals surface area contributed by atoms with Crippen molar-refractivity contribution in [3.8, 4) is 22.6 Å². The molecule has 36 heavy (non-hydrogen) atoms. The van der Waals surface area contributed by atoms with Crippen LogP contribution >= 0.6 is 11.6 Å². The monoisotopic (exact) mass is 524 g/mol. The Morgan fingerprint density at radius 3 is 2.61 bits per heavy atom. The summed E-state index contributed by atoms with van der Waals surface area (Å²) in [5, 5.41) is 0.948. The molecular weight excluding hydrogens is 503 g/mol. The van der Waals surface area contributed by atoms with E-state index in [0.717, 1.165) is 0 Å². The minimum atomic E-state index is -1.64. The molecule has 7 nitrogen and oxygen atoms in total. The highest BCUT2D eigenvalue weighted by Crippen LogP contribution is 2.32. The Morgan fingerprint density at radius 1 is 1.08 bits per heavy atom. The number of fused-ring (bicyclic) bond motifs is 1. The average molecular weight is 525 g/mol. The molecule has 3 aromatic carbocycles. The van der Waals surface area contributed by atoms with E-state index in [4.69, 9.17) is 27.8 Å². The first-order chi connectivity index (χ1) is 17.3. The average Bonchev–Trinajstić information content (AvgIpc) is 2.86. The van der Waals surface area contributed by atoms with Gasteiger partial charge >= 0.3 is 0 Å². The topological polar surface area (TPSA) is 112 Å². The summed E-state index contributed by atoms with van der Waals surface area (Å²) >= 11 is 6.01. The quantitative estimate of drug-likeness (QED) is 0.311. The lowest BCUT2D eigenvalue weighted by Gasteiger charge is -2.16. The van der Waals surface area contributed by atoms with E-state index in [-0.39, 0.29) is 16.4 Å². The van der Waals surface area contributed by atoms with Crippen molar-refractivity contribution in [1.82, 2.24) is 9.29 Å². The van der Waals surface area contributed by atoms with Gasteiger partial charge in [-0.3, -0.25) is 14.1 Å². The number of aromatic nitrogens is 1. The second-order valence-corrected chi connectivity index (χ2v) is 9.30. The Hall–Kier alpha value is -4.08. The molecule has 4 rings (SSSR count). The number of rotatable bonds is 7. The van der Waals surface area contributed by atoms with Gasteiger partial charge in [0.05, 0.1) is 23.2 Å². The smallest absolute Gasteiger partial charge is 0.255 e. The largest absolute Gasteiger partial charge is 0.495 e. The molecule has 184 valence electrons. The lowest BCUT2D eigenvalue weighted by Crippen LogP contribution is -2.22. The summed E-state index contributed by atoms with van der Waals surface area (Å²) < 4.78 is 36.3. The fourth-order valence-electron chi connectivity index (χ4n) is 3.71. The number of nitrogens with two attached hydrogens (primary N) is 2. The SMILES string of the molecule is COc1cc(-c2cc(F)cc(Cl)c2)ccc1-n1c(=O)ccc2cc(S(=O)N/C(N)=C/C=C\N)ccc21. The Bertz CT molecular complexity index is 1580. The molecule has 0 aliphatic heterocycles. The van der Waals surface area contributed by atoms with Gasteiger partial charge in [-0.1, -0.05) is 17.7 Å². The molecular formula is C26H22ClFN4O3S. The molecule has 1 unspecified atom stereocenters. The molecule has 0 amide bonds. The molecule has 1 atom stereocenters. The molecule has 0 aliphatic rings. The molecule has 0 saturated heterocycles. The maximum Gasteiger partial charge on any atom is 0.255 e. The number of nitrogens with one attached hydrogen (secondary N) is 1. The molecule has 0 bridgehead atoms. The standard InChI is InChI=1S/C26H22ClFN4O3S/c1-35-24-14-16(18-11-19(27)15-20(28)12-18)4-7-23(24)32-22-8-6-21(13-17(22)5-9-26(32)33)36(34)31-25(30)3-2-10-29/h2-15,31H,29-30H2,1H3/b10-2-,25-3+. The Morgan fingerprint density at radius 2 is 1.89 bits per heavy atom. The van der Waals surface area contributed by atoms with Crippen LogP contribution in [0.3, 0.4) is 0 Å². The second-order valence-electron chi connectivity index (χ2n) is 7.65. The zero-order valence-corrected chi connectivity index (χ0v) is 20.6. The van der Waals surface area contributed by atoms with E-state index in [9.17, 15) is 13.4 Å². The predicted octanol–water partition coefficient (Wildman–Crippen LogP) is 4.34.